The van der Waals surface area contributed by atoms with E-state index in [9.17, 15) is 56.6 Å². The van der Waals surface area contributed by atoms with Gasteiger partial charge in [-0.15, -0.1) is 22.7 Å². The molecule has 117 heavy (non-hydrogen) atoms. The number of rotatable bonds is 18. The Kier molecular flexibility index (Phi) is 21.4. The molecule has 0 radical (unpaired) electrons. The molecular formula is C86H97F3N16O10S2. The number of anilines is 4. The van der Waals surface area contributed by atoms with Gasteiger partial charge in [0.05, 0.1) is 82.3 Å². The number of carbonyl (C=O) groups excluding carboxylic acids is 6. The summed E-state index contributed by atoms with van der Waals surface area (Å²) in [5, 5.41) is 24.4. The zero-order valence-electron chi connectivity index (χ0n) is 66.4. The molecule has 2 aliphatic carbocycles. The number of aryl methyl sites for hydroxylation is 2. The fraction of sp³-hybridized carbons (Fsp3) is 0.488. The quantitative estimate of drug-likeness (QED) is 0.0499. The Balaban J connectivity index is 0.674. The Bertz CT molecular complexity index is 5680. The summed E-state index contributed by atoms with van der Waals surface area (Å²) in [4.78, 5) is 135. The number of likely N-dealkylation sites (tertiary alicyclic amines) is 1. The number of para-hydroxylation sites is 2. The van der Waals surface area contributed by atoms with Crippen molar-refractivity contribution in [2.75, 3.05) is 86.9 Å². The molecule has 5 N–H and O–H groups in total. The van der Waals surface area contributed by atoms with Crippen LogP contribution in [0.5, 0.6) is 5.75 Å². The SMILES string of the molecule is COc1cc2nc([C@H]3CC[C@H](CN(C)C4CCN(c5cccc6c5n(C)c(=O)n6C5CCC(=O)NC5=O)CC4)C(C4C[C@@H](c5nc6cc(C(C)(C)O)c(NC(=O)c7cccc(C(F)(F)F)n7)cc6s5)CC[C@@H]4CN4CCC5(CC4)CCN(c4cccc6c4n(C)c(=O)n6C4CCC(=O)NC4=O)CC5)C3)sc2cc1NC(=O)c1ccccn1. The number of methoxy groups -OCH3 is 1. The Labute approximate surface area is 681 Å². The lowest BCUT2D eigenvalue weighted by Gasteiger charge is -2.51. The largest absolute Gasteiger partial charge is 0.494 e. The maximum absolute atomic E-state index is 14.1. The summed E-state index contributed by atoms with van der Waals surface area (Å²) >= 11 is 3.21. The first kappa shape index (κ1) is 79.3. The number of aliphatic hydroxyl groups is 1. The van der Waals surface area contributed by atoms with Gasteiger partial charge in [0.15, 0.2) is 0 Å². The molecular weight excluding hydrogens is 1540 g/mol. The van der Waals surface area contributed by atoms with E-state index in [0.717, 1.165) is 189 Å². The van der Waals surface area contributed by atoms with Crippen molar-refractivity contribution in [3.05, 3.63) is 157 Å². The number of benzene rings is 4. The molecule has 11 heterocycles. The van der Waals surface area contributed by atoms with Crippen molar-refractivity contribution < 1.29 is 51.8 Å². The third kappa shape index (κ3) is 15.4. The number of nitrogens with zero attached hydrogens (tertiary/aromatic N) is 12. The number of hydrogen-bond acceptors (Lipinski definition) is 20. The first-order valence-corrected chi connectivity index (χ1v) is 42.5. The fourth-order valence-corrected chi connectivity index (χ4v) is 22.7. The first-order chi connectivity index (χ1) is 56.1. The van der Waals surface area contributed by atoms with Crippen LogP contribution in [0.15, 0.2) is 113 Å². The molecule has 26 nitrogen and oxygen atoms in total. The third-order valence-electron chi connectivity index (χ3n) is 26.7. The Morgan fingerprint density at radius 1 is 0.615 bits per heavy atom. The number of pyridine rings is 2. The van der Waals surface area contributed by atoms with Gasteiger partial charge in [0.1, 0.15) is 34.9 Å². The summed E-state index contributed by atoms with van der Waals surface area (Å²) in [5.41, 5.74) is 3.96. The first-order valence-electron chi connectivity index (χ1n) is 40.9. The summed E-state index contributed by atoms with van der Waals surface area (Å²) in [6, 6.07) is 26.3. The number of imidazole rings is 2. The normalized spacial score (nSPS) is 23.3. The predicted octanol–water partition coefficient (Wildman–Crippen LogP) is 12.4. The van der Waals surface area contributed by atoms with Crippen molar-refractivity contribution in [1.29, 1.82) is 0 Å². The lowest BCUT2D eigenvalue weighted by molar-refractivity contribution is -0.141. The van der Waals surface area contributed by atoms with Gasteiger partial charge >= 0.3 is 17.6 Å². The summed E-state index contributed by atoms with van der Waals surface area (Å²) in [6.45, 7) is 9.97. The molecule has 4 unspecified atom stereocenters. The molecule has 8 atom stereocenters. The number of thiazole rings is 2. The van der Waals surface area contributed by atoms with E-state index in [-0.39, 0.29) is 107 Å². The zero-order valence-corrected chi connectivity index (χ0v) is 68.1. The highest BCUT2D eigenvalue weighted by Crippen LogP contribution is 2.55. The van der Waals surface area contributed by atoms with Crippen LogP contribution in [0.4, 0.5) is 35.9 Å². The van der Waals surface area contributed by atoms with Gasteiger partial charge in [-0.05, 0) is 220 Å². The molecule has 614 valence electrons. The van der Waals surface area contributed by atoms with Crippen molar-refractivity contribution in [2.24, 2.45) is 43.2 Å². The van der Waals surface area contributed by atoms with Gasteiger partial charge < -0.3 is 40.1 Å². The predicted molar refractivity (Wildman–Crippen MR) is 442 cm³/mol. The van der Waals surface area contributed by atoms with Crippen LogP contribution in [0.1, 0.15) is 183 Å². The standard InChI is InChI=1S/C86H97F3N16O10S2/c1-84(2,114)55-42-60-69(44-58(55)92-77(109)57-13-9-18-71(91-57)86(87,88)89)116-80(94-60)49-20-22-51(47-101-36-29-85(30-37-101)31-38-103(39-32-85)63-15-11-17-65-75(63)100(5)83(113)105(65)67-24-26-73(107)97-79(67)111)54(41-49)53-40-48(81-95-61-43-68(115-6)59(45-70(61)117-81)93-76(108)56-12-7-8-33-90-56)19-21-50(53)46-98(3)52-27-34-102(35-28-52)62-14-10-16-64-74(62)99(4)82(112)104(64)66-23-25-72(106)96-78(66)110/h7-18,33,42-45,48-54,66-67,114H,19-32,34-41,46-47H2,1-6H3,(H,92,109)(H,93,108)(H,96,106,110)(H,97,107,111)/t48-,49-,50+,51+,53?,54?,66?,67?/m0/s1. The molecule has 10 aromatic rings. The number of amides is 6. The van der Waals surface area contributed by atoms with Gasteiger partial charge in [-0.3, -0.25) is 62.7 Å². The number of piperidine rings is 5. The van der Waals surface area contributed by atoms with Crippen LogP contribution in [-0.4, -0.2) is 161 Å². The minimum absolute atomic E-state index is 0.0308. The number of hydrogen-bond donors (Lipinski definition) is 5. The van der Waals surface area contributed by atoms with Gasteiger partial charge in [0.2, 0.25) is 23.6 Å². The van der Waals surface area contributed by atoms with Crippen molar-refractivity contribution in [3.8, 4) is 5.75 Å². The van der Waals surface area contributed by atoms with Crippen molar-refractivity contribution in [3.63, 3.8) is 0 Å². The second kappa shape index (κ2) is 31.6. The van der Waals surface area contributed by atoms with E-state index in [4.69, 9.17) is 14.7 Å². The Morgan fingerprint density at radius 2 is 1.14 bits per heavy atom. The van der Waals surface area contributed by atoms with Gasteiger partial charge in [0, 0.05) is 108 Å². The fourth-order valence-electron chi connectivity index (χ4n) is 20.4. The van der Waals surface area contributed by atoms with Gasteiger partial charge in [0.25, 0.3) is 11.8 Å². The molecule has 6 aromatic heterocycles. The summed E-state index contributed by atoms with van der Waals surface area (Å²) in [7, 11) is 7.38. The Morgan fingerprint density at radius 3 is 1.69 bits per heavy atom. The highest BCUT2D eigenvalue weighted by molar-refractivity contribution is 7.19. The van der Waals surface area contributed by atoms with Crippen LogP contribution in [0.25, 0.3) is 42.5 Å². The van der Waals surface area contributed by atoms with Crippen LogP contribution in [-0.2, 0) is 45.1 Å². The van der Waals surface area contributed by atoms with E-state index in [1.807, 2.05) is 36.4 Å². The van der Waals surface area contributed by atoms with Gasteiger partial charge in [-0.25, -0.2) is 24.5 Å². The van der Waals surface area contributed by atoms with E-state index in [1.165, 1.54) is 6.07 Å². The van der Waals surface area contributed by atoms with Crippen LogP contribution >= 0.6 is 22.7 Å². The summed E-state index contributed by atoms with van der Waals surface area (Å²) in [5.74, 6) is -1.21. The summed E-state index contributed by atoms with van der Waals surface area (Å²) < 4.78 is 55.7. The topological polar surface area (TPSA) is 298 Å². The van der Waals surface area contributed by atoms with E-state index >= 15 is 0 Å². The van der Waals surface area contributed by atoms with Crippen molar-refractivity contribution in [1.82, 2.24) is 58.6 Å². The van der Waals surface area contributed by atoms with Gasteiger partial charge in [-0.1, -0.05) is 24.3 Å². The number of alkyl halides is 3. The van der Waals surface area contributed by atoms with Gasteiger partial charge in [-0.2, -0.15) is 13.2 Å². The molecule has 5 aliphatic heterocycles. The van der Waals surface area contributed by atoms with Crippen LogP contribution in [0.3, 0.4) is 0 Å². The molecule has 1 spiro atoms. The van der Waals surface area contributed by atoms with Crippen LogP contribution in [0, 0.1) is 29.1 Å². The van der Waals surface area contributed by atoms with Crippen molar-refractivity contribution in [2.45, 2.75) is 158 Å². The highest BCUT2D eigenvalue weighted by atomic mass is 32.1. The summed E-state index contributed by atoms with van der Waals surface area (Å²) in [6.07, 6.45) is 8.82. The maximum Gasteiger partial charge on any atom is 0.433 e. The van der Waals surface area contributed by atoms with Crippen LogP contribution < -0.4 is 47.2 Å². The Hall–Kier alpha value is -10.2. The molecule has 17 rings (SSSR count). The minimum Gasteiger partial charge on any atom is -0.494 e. The van der Waals surface area contributed by atoms with Crippen molar-refractivity contribution >= 4 is 123 Å². The van der Waals surface area contributed by atoms with E-state index in [1.54, 1.807) is 113 Å². The lowest BCUT2D eigenvalue weighted by atomic mass is 9.60. The number of fused-ring (bicyclic) bond motifs is 4. The number of imide groups is 2. The molecule has 7 fully saturated rings. The number of ether oxygens (including phenoxy) is 1. The molecule has 2 saturated carbocycles. The zero-order chi connectivity index (χ0) is 81.7. The average molecular weight is 1640 g/mol. The van der Waals surface area contributed by atoms with E-state index in [2.05, 4.69) is 70.0 Å². The lowest BCUT2D eigenvalue weighted by Crippen LogP contribution is -2.50. The molecule has 0 bridgehead atoms. The highest BCUT2D eigenvalue weighted by Gasteiger charge is 2.47. The second-order valence-corrected chi connectivity index (χ2v) is 36.2. The maximum atomic E-state index is 14.1. The minimum atomic E-state index is -4.77. The van der Waals surface area contributed by atoms with E-state index < -0.39 is 53.0 Å². The van der Waals surface area contributed by atoms with Crippen LogP contribution in [0.2, 0.25) is 0 Å². The monoisotopic (exact) mass is 1630 g/mol. The molecule has 4 aromatic carbocycles. The van der Waals surface area contributed by atoms with E-state index in [0.29, 0.717) is 39.5 Å². The molecule has 5 saturated heterocycles. The third-order valence-corrected chi connectivity index (χ3v) is 29.0. The molecule has 6 amide bonds. The number of carbonyl (C=O) groups is 6. The molecule has 7 aliphatic rings. The number of nitrogens with one attached hydrogen (secondary N) is 4. The second-order valence-electron chi connectivity index (χ2n) is 34.0. The molecule has 31 heteroatoms. The number of halogens is 3. The smallest absolute Gasteiger partial charge is 0.433 e. The average Bonchev–Trinajstić information content (AvgIpc) is 1.60. The number of aromatic nitrogens is 8.